The third kappa shape index (κ3) is 2.56. The van der Waals surface area contributed by atoms with Gasteiger partial charge in [0.1, 0.15) is 4.90 Å². The molecule has 2 N–H and O–H groups in total. The lowest BCUT2D eigenvalue weighted by Crippen LogP contribution is -2.49. The molecular weight excluding hydrogens is 256 g/mol. The van der Waals surface area contributed by atoms with E-state index < -0.39 is 10.0 Å². The lowest BCUT2D eigenvalue weighted by Gasteiger charge is -2.33. The number of aliphatic hydroxyl groups excluding tert-OH is 1. The van der Waals surface area contributed by atoms with Crippen LogP contribution in [0.5, 0.6) is 0 Å². The predicted octanol–water partition coefficient (Wildman–Crippen LogP) is -0.983. The van der Waals surface area contributed by atoms with Crippen LogP contribution in [0.2, 0.25) is 0 Å². The summed E-state index contributed by atoms with van der Waals surface area (Å²) in [5.74, 6) is 0. The molecule has 0 radical (unpaired) electrons. The van der Waals surface area contributed by atoms with Gasteiger partial charge >= 0.3 is 0 Å². The van der Waals surface area contributed by atoms with Crippen molar-refractivity contribution >= 4 is 10.0 Å². The minimum Gasteiger partial charge on any atom is -0.395 e. The zero-order valence-electron chi connectivity index (χ0n) is 10.3. The monoisotopic (exact) mass is 274 g/mol. The number of piperazine rings is 1. The van der Waals surface area contributed by atoms with E-state index in [1.807, 2.05) is 4.90 Å². The molecule has 0 aliphatic carbocycles. The van der Waals surface area contributed by atoms with E-state index in [9.17, 15) is 8.42 Å². The van der Waals surface area contributed by atoms with Gasteiger partial charge < -0.3 is 5.11 Å². The van der Waals surface area contributed by atoms with E-state index in [0.29, 0.717) is 38.4 Å². The van der Waals surface area contributed by atoms with Gasteiger partial charge in [0.2, 0.25) is 10.0 Å². The molecule has 7 nitrogen and oxygen atoms in total. The first-order chi connectivity index (χ1) is 8.55. The van der Waals surface area contributed by atoms with Gasteiger partial charge in [-0.15, -0.1) is 0 Å². The number of aryl methyl sites for hydroxylation is 1. The summed E-state index contributed by atoms with van der Waals surface area (Å²) in [5, 5.41) is 15.2. The van der Waals surface area contributed by atoms with E-state index in [1.165, 1.54) is 10.5 Å². The number of β-amino-alcohol motifs (C(OH)–C–C–N with tert-alkyl or cyclic N) is 1. The Morgan fingerprint density at radius 2 is 2.06 bits per heavy atom. The van der Waals surface area contributed by atoms with Gasteiger partial charge in [0.25, 0.3) is 0 Å². The molecule has 8 heteroatoms. The fourth-order valence-corrected chi connectivity index (χ4v) is 3.61. The Kier molecular flexibility index (Phi) is 4.00. The number of hydrogen-bond acceptors (Lipinski definition) is 5. The van der Waals surface area contributed by atoms with Crippen molar-refractivity contribution < 1.29 is 13.5 Å². The van der Waals surface area contributed by atoms with Crippen LogP contribution < -0.4 is 0 Å². The number of hydrogen-bond donors (Lipinski definition) is 2. The number of aliphatic hydroxyl groups is 1. The van der Waals surface area contributed by atoms with Crippen LogP contribution in [0.25, 0.3) is 0 Å². The van der Waals surface area contributed by atoms with Crippen LogP contribution in [0.15, 0.2) is 11.1 Å². The average Bonchev–Trinajstić information content (AvgIpc) is 2.77. The van der Waals surface area contributed by atoms with Crippen LogP contribution >= 0.6 is 0 Å². The maximum absolute atomic E-state index is 12.3. The molecule has 18 heavy (non-hydrogen) atoms. The number of rotatable bonds is 4. The first kappa shape index (κ1) is 13.5. The first-order valence-corrected chi connectivity index (χ1v) is 7.33. The van der Waals surface area contributed by atoms with Crippen molar-refractivity contribution in [3.8, 4) is 0 Å². The second-order valence-corrected chi connectivity index (χ2v) is 6.23. The lowest BCUT2D eigenvalue weighted by atomic mass is 10.4. The summed E-state index contributed by atoms with van der Waals surface area (Å²) < 4.78 is 26.1. The van der Waals surface area contributed by atoms with Crippen LogP contribution in [-0.2, 0) is 10.0 Å². The second-order valence-electron chi connectivity index (χ2n) is 4.33. The van der Waals surface area contributed by atoms with Gasteiger partial charge in [0.15, 0.2) is 0 Å². The standard InChI is InChI=1S/C10H18N4O3S/c1-9-10(8-11-12-9)18(16,17)14-4-2-13(3-5-14)6-7-15/h8,15H,2-7H2,1H3,(H,11,12). The van der Waals surface area contributed by atoms with Crippen LogP contribution in [-0.4, -0.2) is 72.3 Å². The molecule has 0 unspecified atom stereocenters. The van der Waals surface area contributed by atoms with Crippen molar-refractivity contribution in [1.29, 1.82) is 0 Å². The number of aromatic amines is 1. The van der Waals surface area contributed by atoms with E-state index in [4.69, 9.17) is 5.11 Å². The lowest BCUT2D eigenvalue weighted by molar-refractivity contribution is 0.151. The Hall–Kier alpha value is -0.960. The Bertz CT molecular complexity index is 491. The fourth-order valence-electron chi connectivity index (χ4n) is 2.07. The Morgan fingerprint density at radius 1 is 1.39 bits per heavy atom. The largest absolute Gasteiger partial charge is 0.395 e. The van der Waals surface area contributed by atoms with E-state index in [2.05, 4.69) is 10.2 Å². The van der Waals surface area contributed by atoms with Gasteiger partial charge in [0, 0.05) is 32.7 Å². The highest BCUT2D eigenvalue weighted by Gasteiger charge is 2.30. The average molecular weight is 274 g/mol. The van der Waals surface area contributed by atoms with Gasteiger partial charge in [0.05, 0.1) is 18.5 Å². The molecule has 2 heterocycles. The summed E-state index contributed by atoms with van der Waals surface area (Å²) >= 11 is 0. The molecule has 0 saturated carbocycles. The Balaban J connectivity index is 2.08. The normalized spacial score (nSPS) is 19.2. The zero-order chi connectivity index (χ0) is 13.2. The molecule has 0 atom stereocenters. The molecule has 1 fully saturated rings. The fraction of sp³-hybridized carbons (Fsp3) is 0.700. The molecule has 0 bridgehead atoms. The summed E-state index contributed by atoms with van der Waals surface area (Å²) in [6, 6.07) is 0. The van der Waals surface area contributed by atoms with Gasteiger partial charge in [-0.3, -0.25) is 10.00 Å². The Labute approximate surface area is 106 Å². The topological polar surface area (TPSA) is 89.5 Å². The predicted molar refractivity (Wildman–Crippen MR) is 65.6 cm³/mol. The molecule has 1 aromatic heterocycles. The highest BCUT2D eigenvalue weighted by Crippen LogP contribution is 2.18. The summed E-state index contributed by atoms with van der Waals surface area (Å²) in [6.07, 6.45) is 1.35. The minimum absolute atomic E-state index is 0.105. The van der Waals surface area contributed by atoms with Crippen molar-refractivity contribution in [2.75, 3.05) is 39.3 Å². The van der Waals surface area contributed by atoms with E-state index >= 15 is 0 Å². The van der Waals surface area contributed by atoms with E-state index in [-0.39, 0.29) is 11.5 Å². The van der Waals surface area contributed by atoms with Crippen molar-refractivity contribution in [2.45, 2.75) is 11.8 Å². The molecular formula is C10H18N4O3S. The van der Waals surface area contributed by atoms with Crippen molar-refractivity contribution in [1.82, 2.24) is 19.4 Å². The highest BCUT2D eigenvalue weighted by molar-refractivity contribution is 7.89. The first-order valence-electron chi connectivity index (χ1n) is 5.89. The molecule has 102 valence electrons. The number of nitrogens with one attached hydrogen (secondary N) is 1. The van der Waals surface area contributed by atoms with Crippen LogP contribution in [0.3, 0.4) is 0 Å². The van der Waals surface area contributed by atoms with Gasteiger partial charge in [-0.1, -0.05) is 0 Å². The second kappa shape index (κ2) is 5.35. The van der Waals surface area contributed by atoms with Crippen molar-refractivity contribution in [2.24, 2.45) is 0 Å². The maximum atomic E-state index is 12.3. The van der Waals surface area contributed by atoms with Crippen LogP contribution in [0, 0.1) is 6.92 Å². The summed E-state index contributed by atoms with van der Waals surface area (Å²) in [5.41, 5.74) is 0.563. The summed E-state index contributed by atoms with van der Waals surface area (Å²) in [4.78, 5) is 2.30. The smallest absolute Gasteiger partial charge is 0.246 e. The number of sulfonamides is 1. The molecule has 1 aliphatic rings. The van der Waals surface area contributed by atoms with Crippen molar-refractivity contribution in [3.05, 3.63) is 11.9 Å². The van der Waals surface area contributed by atoms with E-state index in [1.54, 1.807) is 6.92 Å². The van der Waals surface area contributed by atoms with Crippen LogP contribution in [0.4, 0.5) is 0 Å². The van der Waals surface area contributed by atoms with Crippen molar-refractivity contribution in [3.63, 3.8) is 0 Å². The summed E-state index contributed by atoms with van der Waals surface area (Å²) in [7, 11) is -3.44. The molecule has 0 amide bonds. The Morgan fingerprint density at radius 3 is 2.56 bits per heavy atom. The molecule has 0 spiro atoms. The molecule has 2 rings (SSSR count). The van der Waals surface area contributed by atoms with Gasteiger partial charge in [-0.05, 0) is 6.92 Å². The van der Waals surface area contributed by atoms with Crippen LogP contribution in [0.1, 0.15) is 5.69 Å². The number of H-pyrrole nitrogens is 1. The molecule has 1 aliphatic heterocycles. The third-order valence-corrected chi connectivity index (χ3v) is 5.16. The molecule has 1 saturated heterocycles. The minimum atomic E-state index is -3.44. The number of nitrogens with zero attached hydrogens (tertiary/aromatic N) is 3. The maximum Gasteiger partial charge on any atom is 0.246 e. The quantitative estimate of drug-likeness (QED) is 0.736. The highest BCUT2D eigenvalue weighted by atomic mass is 32.2. The molecule has 1 aromatic rings. The zero-order valence-corrected chi connectivity index (χ0v) is 11.2. The van der Waals surface area contributed by atoms with E-state index in [0.717, 1.165) is 0 Å². The molecule has 0 aromatic carbocycles. The SMILES string of the molecule is Cc1[nH]ncc1S(=O)(=O)N1CCN(CCO)CC1. The third-order valence-electron chi connectivity index (χ3n) is 3.15. The number of aromatic nitrogens is 2. The van der Waals surface area contributed by atoms with Gasteiger partial charge in [-0.2, -0.15) is 9.40 Å². The summed E-state index contributed by atoms with van der Waals surface area (Å²) in [6.45, 7) is 4.60. The van der Waals surface area contributed by atoms with Gasteiger partial charge in [-0.25, -0.2) is 8.42 Å².